The van der Waals surface area contributed by atoms with Gasteiger partial charge >= 0.3 is 0 Å². The van der Waals surface area contributed by atoms with Crippen LogP contribution in [0.25, 0.3) is 0 Å². The smallest absolute Gasteiger partial charge is 0.122 e. The highest BCUT2D eigenvalue weighted by Gasteiger charge is 2.26. The van der Waals surface area contributed by atoms with Crippen LogP contribution < -0.4 is 4.74 Å². The zero-order chi connectivity index (χ0) is 14.8. The number of hydrogen-bond acceptors (Lipinski definition) is 2. The molecule has 110 valence electrons. The van der Waals surface area contributed by atoms with Crippen LogP contribution in [0.3, 0.4) is 0 Å². The molecular weight excluding hydrogens is 260 g/mol. The predicted octanol–water partition coefficient (Wildman–Crippen LogP) is 3.46. The Hall–Kier alpha value is -1.80. The number of hydrogen-bond donors (Lipinski definition) is 1. The van der Waals surface area contributed by atoms with Crippen molar-refractivity contribution in [1.29, 1.82) is 0 Å². The van der Waals surface area contributed by atoms with Crippen molar-refractivity contribution < 1.29 is 9.84 Å². The van der Waals surface area contributed by atoms with Crippen molar-refractivity contribution >= 4 is 0 Å². The van der Waals surface area contributed by atoms with E-state index in [0.29, 0.717) is 13.0 Å². The minimum absolute atomic E-state index is 0.166. The van der Waals surface area contributed by atoms with Crippen molar-refractivity contribution in [3.05, 3.63) is 64.7 Å². The first-order valence-corrected chi connectivity index (χ1v) is 7.59. The molecule has 1 N–H and O–H groups in total. The molecule has 3 rings (SSSR count). The first-order chi connectivity index (χ1) is 10.1. The van der Waals surface area contributed by atoms with E-state index >= 15 is 0 Å². The third kappa shape index (κ3) is 2.96. The summed E-state index contributed by atoms with van der Waals surface area (Å²) in [6.45, 7) is 4.83. The maximum absolute atomic E-state index is 10.6. The van der Waals surface area contributed by atoms with Gasteiger partial charge in [0.15, 0.2) is 0 Å². The van der Waals surface area contributed by atoms with Gasteiger partial charge in [-0.15, -0.1) is 0 Å². The molecule has 0 saturated carbocycles. The SMILES string of the molecule is Cc1cccc(C)c1CC(O)C1COc2ccccc2C1. The Morgan fingerprint density at radius 1 is 1.10 bits per heavy atom. The van der Waals surface area contributed by atoms with Crippen molar-refractivity contribution in [2.75, 3.05) is 6.61 Å². The minimum atomic E-state index is -0.363. The lowest BCUT2D eigenvalue weighted by Gasteiger charge is -2.29. The average Bonchev–Trinajstić information content (AvgIpc) is 2.50. The summed E-state index contributed by atoms with van der Waals surface area (Å²) in [5, 5.41) is 10.6. The molecule has 1 aliphatic rings. The lowest BCUT2D eigenvalue weighted by Crippen LogP contribution is -2.33. The van der Waals surface area contributed by atoms with Gasteiger partial charge in [0.1, 0.15) is 5.75 Å². The average molecular weight is 282 g/mol. The van der Waals surface area contributed by atoms with Gasteiger partial charge in [0.25, 0.3) is 0 Å². The molecular formula is C19H22O2. The van der Waals surface area contributed by atoms with Crippen molar-refractivity contribution in [2.24, 2.45) is 5.92 Å². The first-order valence-electron chi connectivity index (χ1n) is 7.59. The van der Waals surface area contributed by atoms with Crippen LogP contribution in [0.15, 0.2) is 42.5 Å². The number of aliphatic hydroxyl groups excluding tert-OH is 1. The first kappa shape index (κ1) is 14.2. The highest BCUT2D eigenvalue weighted by atomic mass is 16.5. The standard InChI is InChI=1S/C19H22O2/c1-13-6-5-7-14(2)17(13)11-18(20)16-10-15-8-3-4-9-19(15)21-12-16/h3-9,16,18,20H,10-12H2,1-2H3. The minimum Gasteiger partial charge on any atom is -0.493 e. The van der Waals surface area contributed by atoms with E-state index in [1.54, 1.807) is 0 Å². The number of aryl methyl sites for hydroxylation is 2. The zero-order valence-corrected chi connectivity index (χ0v) is 12.7. The van der Waals surface area contributed by atoms with Gasteiger partial charge in [-0.1, -0.05) is 36.4 Å². The maximum Gasteiger partial charge on any atom is 0.122 e. The lowest BCUT2D eigenvalue weighted by atomic mass is 9.87. The second-order valence-electron chi connectivity index (χ2n) is 6.02. The molecule has 0 aliphatic carbocycles. The fourth-order valence-electron chi connectivity index (χ4n) is 3.15. The summed E-state index contributed by atoms with van der Waals surface area (Å²) in [6, 6.07) is 14.4. The van der Waals surface area contributed by atoms with Crippen molar-refractivity contribution in [1.82, 2.24) is 0 Å². The number of para-hydroxylation sites is 1. The lowest BCUT2D eigenvalue weighted by molar-refractivity contribution is 0.0650. The summed E-state index contributed by atoms with van der Waals surface area (Å²) in [6.07, 6.45) is 1.23. The van der Waals surface area contributed by atoms with Gasteiger partial charge in [-0.25, -0.2) is 0 Å². The van der Waals surface area contributed by atoms with Crippen molar-refractivity contribution in [2.45, 2.75) is 32.8 Å². The number of fused-ring (bicyclic) bond motifs is 1. The van der Waals surface area contributed by atoms with Crippen LogP contribution in [0.1, 0.15) is 22.3 Å². The van der Waals surface area contributed by atoms with E-state index in [1.807, 2.05) is 18.2 Å². The molecule has 0 radical (unpaired) electrons. The third-order valence-corrected chi connectivity index (χ3v) is 4.51. The van der Waals surface area contributed by atoms with E-state index in [0.717, 1.165) is 12.2 Å². The molecule has 0 aromatic heterocycles. The van der Waals surface area contributed by atoms with Crippen LogP contribution in [-0.2, 0) is 12.8 Å². The Labute approximate surface area is 126 Å². The second-order valence-corrected chi connectivity index (χ2v) is 6.02. The third-order valence-electron chi connectivity index (χ3n) is 4.51. The van der Waals surface area contributed by atoms with E-state index in [2.05, 4.69) is 38.1 Å². The summed E-state index contributed by atoms with van der Waals surface area (Å²) in [7, 11) is 0. The molecule has 0 saturated heterocycles. The quantitative estimate of drug-likeness (QED) is 0.934. The predicted molar refractivity (Wildman–Crippen MR) is 84.8 cm³/mol. The molecule has 21 heavy (non-hydrogen) atoms. The highest BCUT2D eigenvalue weighted by Crippen LogP contribution is 2.29. The Balaban J connectivity index is 1.74. The normalized spacial score (nSPS) is 18.7. The summed E-state index contributed by atoms with van der Waals surface area (Å²) < 4.78 is 5.80. The van der Waals surface area contributed by atoms with Crippen LogP contribution in [0.2, 0.25) is 0 Å². The van der Waals surface area contributed by atoms with Gasteiger partial charge in [0.2, 0.25) is 0 Å². The molecule has 0 spiro atoms. The molecule has 0 bridgehead atoms. The van der Waals surface area contributed by atoms with Crippen LogP contribution in [0.4, 0.5) is 0 Å². The second kappa shape index (κ2) is 5.90. The van der Waals surface area contributed by atoms with E-state index in [9.17, 15) is 5.11 Å². The molecule has 1 heterocycles. The molecule has 2 nitrogen and oxygen atoms in total. The largest absolute Gasteiger partial charge is 0.493 e. The van der Waals surface area contributed by atoms with Crippen LogP contribution in [0, 0.1) is 19.8 Å². The summed E-state index contributed by atoms with van der Waals surface area (Å²) in [4.78, 5) is 0. The highest BCUT2D eigenvalue weighted by molar-refractivity contribution is 5.36. The van der Waals surface area contributed by atoms with Gasteiger partial charge in [-0.05, 0) is 55.0 Å². The maximum atomic E-state index is 10.6. The van der Waals surface area contributed by atoms with Crippen LogP contribution >= 0.6 is 0 Å². The fourth-order valence-corrected chi connectivity index (χ4v) is 3.15. The Morgan fingerprint density at radius 2 is 1.81 bits per heavy atom. The number of benzene rings is 2. The molecule has 1 aliphatic heterocycles. The molecule has 0 amide bonds. The van der Waals surface area contributed by atoms with Gasteiger partial charge < -0.3 is 9.84 Å². The topological polar surface area (TPSA) is 29.5 Å². The number of aliphatic hydroxyl groups is 1. The van der Waals surface area contributed by atoms with Gasteiger partial charge in [-0.2, -0.15) is 0 Å². The van der Waals surface area contributed by atoms with E-state index in [1.165, 1.54) is 22.3 Å². The van der Waals surface area contributed by atoms with Crippen molar-refractivity contribution in [3.63, 3.8) is 0 Å². The van der Waals surface area contributed by atoms with Gasteiger partial charge in [0, 0.05) is 5.92 Å². The van der Waals surface area contributed by atoms with Crippen LogP contribution in [0.5, 0.6) is 5.75 Å². The van der Waals surface area contributed by atoms with E-state index in [-0.39, 0.29) is 12.0 Å². The Morgan fingerprint density at radius 3 is 2.57 bits per heavy atom. The zero-order valence-electron chi connectivity index (χ0n) is 12.7. The molecule has 2 heteroatoms. The Kier molecular flexibility index (Phi) is 3.98. The summed E-state index contributed by atoms with van der Waals surface area (Å²) in [5.41, 5.74) is 4.98. The van der Waals surface area contributed by atoms with Gasteiger partial charge in [-0.3, -0.25) is 0 Å². The number of ether oxygens (including phenoxy) is 1. The molecule has 2 aromatic carbocycles. The molecule has 2 unspecified atom stereocenters. The summed E-state index contributed by atoms with van der Waals surface area (Å²) in [5.74, 6) is 1.13. The van der Waals surface area contributed by atoms with E-state index in [4.69, 9.17) is 4.74 Å². The molecule has 2 aromatic rings. The fraction of sp³-hybridized carbons (Fsp3) is 0.368. The Bertz CT molecular complexity index is 613. The van der Waals surface area contributed by atoms with E-state index < -0.39 is 0 Å². The van der Waals surface area contributed by atoms with Crippen molar-refractivity contribution in [3.8, 4) is 5.75 Å². The summed E-state index contributed by atoms with van der Waals surface area (Å²) >= 11 is 0. The molecule has 2 atom stereocenters. The molecule has 0 fully saturated rings. The van der Waals surface area contributed by atoms with Gasteiger partial charge in [0.05, 0.1) is 12.7 Å². The number of rotatable bonds is 3. The van der Waals surface area contributed by atoms with Crippen LogP contribution in [-0.4, -0.2) is 17.8 Å². The monoisotopic (exact) mass is 282 g/mol.